The fourth-order valence-electron chi connectivity index (χ4n) is 2.83. The third kappa shape index (κ3) is 4.37. The highest BCUT2D eigenvalue weighted by Crippen LogP contribution is 2.21. The zero-order valence-corrected chi connectivity index (χ0v) is 15.8. The first-order valence-corrected chi connectivity index (χ1v) is 9.66. The molecule has 1 amide bonds. The Kier molecular flexibility index (Phi) is 6.17. The molecule has 0 unspecified atom stereocenters. The van der Waals surface area contributed by atoms with Crippen molar-refractivity contribution in [3.05, 3.63) is 42.4 Å². The molecule has 0 aliphatic carbocycles. The summed E-state index contributed by atoms with van der Waals surface area (Å²) in [5.74, 6) is 1.69. The van der Waals surface area contributed by atoms with Crippen LogP contribution in [0.2, 0.25) is 0 Å². The van der Waals surface area contributed by atoms with E-state index in [0.717, 1.165) is 55.8 Å². The van der Waals surface area contributed by atoms with Gasteiger partial charge in [-0.1, -0.05) is 13.0 Å². The number of nitrogens with zero attached hydrogens (tertiary/aromatic N) is 5. The van der Waals surface area contributed by atoms with Crippen molar-refractivity contribution in [2.24, 2.45) is 0 Å². The van der Waals surface area contributed by atoms with Gasteiger partial charge in [0.25, 0.3) is 5.91 Å². The van der Waals surface area contributed by atoms with Crippen LogP contribution in [0.5, 0.6) is 0 Å². The summed E-state index contributed by atoms with van der Waals surface area (Å²) >= 11 is 1.48. The van der Waals surface area contributed by atoms with Gasteiger partial charge < -0.3 is 15.1 Å². The second kappa shape index (κ2) is 8.75. The van der Waals surface area contributed by atoms with Gasteiger partial charge in [-0.3, -0.25) is 4.79 Å². The van der Waals surface area contributed by atoms with Gasteiger partial charge in [-0.15, -0.1) is 6.58 Å². The lowest BCUT2D eigenvalue weighted by atomic mass is 10.2. The Labute approximate surface area is 157 Å². The molecule has 1 N–H and O–H groups in total. The number of nitrogens with one attached hydrogen (secondary N) is 1. The van der Waals surface area contributed by atoms with E-state index in [1.54, 1.807) is 12.3 Å². The predicted molar refractivity (Wildman–Crippen MR) is 105 cm³/mol. The number of hydrogen-bond acceptors (Lipinski definition) is 7. The first-order chi connectivity index (χ1) is 12.7. The molecule has 1 aliphatic heterocycles. The molecule has 3 rings (SSSR count). The molecule has 1 fully saturated rings. The zero-order chi connectivity index (χ0) is 18.4. The fourth-order valence-corrected chi connectivity index (χ4v) is 3.63. The number of anilines is 2. The summed E-state index contributed by atoms with van der Waals surface area (Å²) in [7, 11) is 0. The number of aryl methyl sites for hydroxylation is 1. The summed E-state index contributed by atoms with van der Waals surface area (Å²) in [6, 6.07) is 3.74. The van der Waals surface area contributed by atoms with Crippen LogP contribution in [0.15, 0.2) is 31.0 Å². The Bertz CT molecular complexity index is 744. The van der Waals surface area contributed by atoms with Gasteiger partial charge >= 0.3 is 0 Å². The molecule has 0 atom stereocenters. The smallest absolute Gasteiger partial charge is 0.253 e. The van der Waals surface area contributed by atoms with Crippen LogP contribution in [-0.4, -0.2) is 53.0 Å². The number of aromatic nitrogens is 3. The maximum atomic E-state index is 11.9. The lowest BCUT2D eigenvalue weighted by Gasteiger charge is -2.22. The van der Waals surface area contributed by atoms with Gasteiger partial charge in [-0.2, -0.15) is 4.37 Å². The van der Waals surface area contributed by atoms with E-state index >= 15 is 0 Å². The topological polar surface area (TPSA) is 74.2 Å². The van der Waals surface area contributed by atoms with Crippen LogP contribution in [0.25, 0.3) is 0 Å². The van der Waals surface area contributed by atoms with Gasteiger partial charge in [-0.05, 0) is 18.6 Å². The summed E-state index contributed by atoms with van der Waals surface area (Å²) < 4.78 is 4.38. The zero-order valence-electron chi connectivity index (χ0n) is 15.0. The highest BCUT2D eigenvalue weighted by Gasteiger charge is 2.19. The van der Waals surface area contributed by atoms with Crippen molar-refractivity contribution < 1.29 is 4.79 Å². The Morgan fingerprint density at radius 1 is 1.31 bits per heavy atom. The molecule has 1 aliphatic rings. The molecule has 7 nitrogen and oxygen atoms in total. The van der Waals surface area contributed by atoms with Gasteiger partial charge in [0.1, 0.15) is 11.6 Å². The molecule has 0 bridgehead atoms. The van der Waals surface area contributed by atoms with Gasteiger partial charge in [-0.25, -0.2) is 9.97 Å². The van der Waals surface area contributed by atoms with Crippen LogP contribution >= 0.6 is 11.5 Å². The number of pyridine rings is 1. The molecule has 0 spiro atoms. The highest BCUT2D eigenvalue weighted by atomic mass is 32.1. The maximum absolute atomic E-state index is 11.9. The molecule has 1 saturated heterocycles. The molecule has 8 heteroatoms. The normalized spacial score (nSPS) is 14.8. The van der Waals surface area contributed by atoms with Gasteiger partial charge in [0, 0.05) is 56.9 Å². The minimum atomic E-state index is -0.131. The Hall–Kier alpha value is -2.48. The van der Waals surface area contributed by atoms with E-state index in [-0.39, 0.29) is 5.91 Å². The Morgan fingerprint density at radius 2 is 2.12 bits per heavy atom. The van der Waals surface area contributed by atoms with E-state index in [0.29, 0.717) is 12.1 Å². The lowest BCUT2D eigenvalue weighted by molar-refractivity contribution is 0.0957. The number of carbonyl (C=O) groups excluding carboxylic acids is 1. The largest absolute Gasteiger partial charge is 0.355 e. The first kappa shape index (κ1) is 18.3. The second-order valence-electron chi connectivity index (χ2n) is 6.08. The van der Waals surface area contributed by atoms with Crippen molar-refractivity contribution in [3.63, 3.8) is 0 Å². The molecule has 138 valence electrons. The SMILES string of the molecule is C=CCNC(=O)c1ccc(N2CCCN(c3nc(CC)ns3)CC2)nc1. The van der Waals surface area contributed by atoms with Crippen molar-refractivity contribution >= 4 is 28.4 Å². The molecule has 0 aromatic carbocycles. The molecule has 26 heavy (non-hydrogen) atoms. The Morgan fingerprint density at radius 3 is 2.81 bits per heavy atom. The van der Waals surface area contributed by atoms with Crippen molar-refractivity contribution in [3.8, 4) is 0 Å². The number of rotatable bonds is 6. The summed E-state index contributed by atoms with van der Waals surface area (Å²) in [4.78, 5) is 25.6. The maximum Gasteiger partial charge on any atom is 0.253 e. The minimum Gasteiger partial charge on any atom is -0.355 e. The van der Waals surface area contributed by atoms with E-state index < -0.39 is 0 Å². The summed E-state index contributed by atoms with van der Waals surface area (Å²) in [6.07, 6.45) is 5.19. The van der Waals surface area contributed by atoms with Crippen molar-refractivity contribution in [1.82, 2.24) is 19.7 Å². The summed E-state index contributed by atoms with van der Waals surface area (Å²) in [6.45, 7) is 9.79. The molecular weight excluding hydrogens is 348 g/mol. The van der Waals surface area contributed by atoms with E-state index in [1.165, 1.54) is 11.5 Å². The third-order valence-corrected chi connectivity index (χ3v) is 5.10. The van der Waals surface area contributed by atoms with Crippen LogP contribution in [0.3, 0.4) is 0 Å². The van der Waals surface area contributed by atoms with Crippen LogP contribution in [0, 0.1) is 0 Å². The van der Waals surface area contributed by atoms with Gasteiger partial charge in [0.2, 0.25) is 5.13 Å². The van der Waals surface area contributed by atoms with Crippen LogP contribution in [0.1, 0.15) is 29.5 Å². The third-order valence-electron chi connectivity index (χ3n) is 4.28. The second-order valence-corrected chi connectivity index (χ2v) is 6.81. The summed E-state index contributed by atoms with van der Waals surface area (Å²) in [5, 5.41) is 3.76. The molecular formula is C18H24N6OS. The molecule has 0 saturated carbocycles. The van der Waals surface area contributed by atoms with Crippen LogP contribution < -0.4 is 15.1 Å². The number of carbonyl (C=O) groups is 1. The Balaban J connectivity index is 1.61. The van der Waals surface area contributed by atoms with Crippen LogP contribution in [0.4, 0.5) is 10.9 Å². The quantitative estimate of drug-likeness (QED) is 0.783. The molecule has 2 aromatic heterocycles. The van der Waals surface area contributed by atoms with Gasteiger partial charge in [0.05, 0.1) is 5.56 Å². The predicted octanol–water partition coefficient (Wildman–Crippen LogP) is 2.13. The lowest BCUT2D eigenvalue weighted by Crippen LogP contribution is -2.31. The van der Waals surface area contributed by atoms with E-state index in [1.807, 2.05) is 12.1 Å². The number of hydrogen-bond donors (Lipinski definition) is 1. The first-order valence-electron chi connectivity index (χ1n) is 8.89. The molecule has 3 heterocycles. The number of amides is 1. The van der Waals surface area contributed by atoms with E-state index in [4.69, 9.17) is 0 Å². The monoisotopic (exact) mass is 372 g/mol. The summed E-state index contributed by atoms with van der Waals surface area (Å²) in [5.41, 5.74) is 0.563. The van der Waals surface area contributed by atoms with Crippen LogP contribution in [-0.2, 0) is 6.42 Å². The average molecular weight is 372 g/mol. The fraction of sp³-hybridized carbons (Fsp3) is 0.444. The van der Waals surface area contributed by atoms with E-state index in [2.05, 4.69) is 43.0 Å². The minimum absolute atomic E-state index is 0.131. The average Bonchev–Trinajstić information content (AvgIpc) is 3.03. The molecule has 0 radical (unpaired) electrons. The van der Waals surface area contributed by atoms with E-state index in [9.17, 15) is 4.79 Å². The highest BCUT2D eigenvalue weighted by molar-refractivity contribution is 7.09. The standard InChI is InChI=1S/C18H24N6OS/c1-3-8-19-17(25)14-6-7-16(20-13-14)23-9-5-10-24(12-11-23)18-21-15(4-2)22-26-18/h3,6-7,13H,1,4-5,8-12H2,2H3,(H,19,25). The van der Waals surface area contributed by atoms with Crippen molar-refractivity contribution in [2.75, 3.05) is 42.5 Å². The van der Waals surface area contributed by atoms with Crippen molar-refractivity contribution in [1.29, 1.82) is 0 Å². The molecule has 2 aromatic rings. The van der Waals surface area contributed by atoms with Gasteiger partial charge in [0.15, 0.2) is 0 Å². The van der Waals surface area contributed by atoms with Crippen molar-refractivity contribution in [2.45, 2.75) is 19.8 Å².